The normalized spacial score (nSPS) is 13.8. The van der Waals surface area contributed by atoms with Crippen LogP contribution in [0, 0.1) is 13.8 Å². The van der Waals surface area contributed by atoms with Gasteiger partial charge in [0.2, 0.25) is 0 Å². The van der Waals surface area contributed by atoms with Gasteiger partial charge < -0.3 is 4.74 Å². The molecule has 0 atom stereocenters. The maximum Gasteiger partial charge on any atom is 0.573 e. The molecule has 0 spiro atoms. The lowest BCUT2D eigenvalue weighted by Gasteiger charge is -2.27. The minimum Gasteiger partial charge on any atom is -0.406 e. The number of hydrogen-bond donors (Lipinski definition) is 1. The van der Waals surface area contributed by atoms with Gasteiger partial charge >= 0.3 is 6.36 Å². The highest BCUT2D eigenvalue weighted by Gasteiger charge is 2.31. The fraction of sp³-hybridized carbons (Fsp3) is 0.136. The first-order chi connectivity index (χ1) is 14.3. The summed E-state index contributed by atoms with van der Waals surface area (Å²) in [6.07, 6.45) is 2.37. The highest BCUT2D eigenvalue weighted by molar-refractivity contribution is 5.70. The number of nitrogens with one attached hydrogen (secondary N) is 1. The van der Waals surface area contributed by atoms with E-state index in [1.807, 2.05) is 54.9 Å². The molecule has 0 fully saturated rings. The largest absolute Gasteiger partial charge is 0.573 e. The number of nitrogens with zero attached hydrogens (tertiary/aromatic N) is 3. The van der Waals surface area contributed by atoms with Crippen molar-refractivity contribution in [1.29, 1.82) is 0 Å². The lowest BCUT2D eigenvalue weighted by molar-refractivity contribution is -0.274. The van der Waals surface area contributed by atoms with Gasteiger partial charge in [0, 0.05) is 12.3 Å². The Morgan fingerprint density at radius 2 is 1.83 bits per heavy atom. The quantitative estimate of drug-likeness (QED) is 0.634. The van der Waals surface area contributed by atoms with E-state index in [4.69, 9.17) is 0 Å². The van der Waals surface area contributed by atoms with E-state index in [1.54, 1.807) is 23.5 Å². The van der Waals surface area contributed by atoms with Crippen molar-refractivity contribution < 1.29 is 17.9 Å². The van der Waals surface area contributed by atoms with Gasteiger partial charge in [-0.2, -0.15) is 5.10 Å². The summed E-state index contributed by atoms with van der Waals surface area (Å²) < 4.78 is 43.5. The summed E-state index contributed by atoms with van der Waals surface area (Å²) in [5.74, 6) is -0.285. The topological polar surface area (TPSA) is 42.3 Å². The first-order valence-electron chi connectivity index (χ1n) is 9.23. The predicted octanol–water partition coefficient (Wildman–Crippen LogP) is 5.27. The Hall–Kier alpha value is -3.68. The number of hydrogen-bond acceptors (Lipinski definition) is 4. The molecule has 0 radical (unpaired) electrons. The van der Waals surface area contributed by atoms with Crippen LogP contribution in [0.2, 0.25) is 0 Å². The van der Waals surface area contributed by atoms with E-state index in [9.17, 15) is 13.2 Å². The Morgan fingerprint density at radius 3 is 2.63 bits per heavy atom. The molecule has 0 saturated carbocycles. The molecule has 30 heavy (non-hydrogen) atoms. The van der Waals surface area contributed by atoms with Crippen LogP contribution in [0.25, 0.3) is 11.4 Å². The first-order valence-corrected chi connectivity index (χ1v) is 9.23. The molecule has 0 aliphatic carbocycles. The first kappa shape index (κ1) is 19.6. The molecule has 0 saturated heterocycles. The predicted molar refractivity (Wildman–Crippen MR) is 109 cm³/mol. The van der Waals surface area contributed by atoms with Crippen molar-refractivity contribution in [3.63, 3.8) is 0 Å². The summed E-state index contributed by atoms with van der Waals surface area (Å²) in [6, 6.07) is 13.7. The van der Waals surface area contributed by atoms with Gasteiger partial charge in [-0.3, -0.25) is 10.4 Å². The molecule has 2 heterocycles. The van der Waals surface area contributed by atoms with E-state index in [2.05, 4.69) is 15.3 Å². The van der Waals surface area contributed by atoms with E-state index in [0.717, 1.165) is 28.2 Å². The van der Waals surface area contributed by atoms with E-state index < -0.39 is 6.36 Å². The SMILES string of the molecule is Cc1cccc(-n2nccc2C2=CC=CN(c3cccc(OC(F)(F)F)c3)N2)c1C. The number of aromatic nitrogens is 2. The van der Waals surface area contributed by atoms with Gasteiger partial charge in [0.05, 0.1) is 29.0 Å². The Morgan fingerprint density at radius 1 is 1.03 bits per heavy atom. The van der Waals surface area contributed by atoms with Crippen LogP contribution in [0.5, 0.6) is 5.75 Å². The fourth-order valence-corrected chi connectivity index (χ4v) is 3.22. The van der Waals surface area contributed by atoms with Gasteiger partial charge in [0.1, 0.15) is 5.75 Å². The smallest absolute Gasteiger partial charge is 0.406 e. The zero-order chi connectivity index (χ0) is 21.3. The molecule has 0 amide bonds. The van der Waals surface area contributed by atoms with Gasteiger partial charge in [-0.15, -0.1) is 13.2 Å². The van der Waals surface area contributed by atoms with Crippen LogP contribution in [0.4, 0.5) is 18.9 Å². The van der Waals surface area contributed by atoms with Crippen molar-refractivity contribution in [2.24, 2.45) is 0 Å². The standard InChI is InChI=1S/C22H19F3N4O/c1-15-6-3-10-20(16(15)2)29-21(11-12-26-29)19-9-5-13-28(27-19)17-7-4-8-18(14-17)30-22(23,24)25/h3-14,27H,1-2H3. The summed E-state index contributed by atoms with van der Waals surface area (Å²) in [4.78, 5) is 0. The summed E-state index contributed by atoms with van der Waals surface area (Å²) in [6.45, 7) is 4.08. The molecular weight excluding hydrogens is 393 g/mol. The maximum absolute atomic E-state index is 12.5. The number of anilines is 1. The van der Waals surface area contributed by atoms with Gasteiger partial charge in [-0.1, -0.05) is 18.2 Å². The molecular formula is C22H19F3N4O. The second-order valence-electron chi connectivity index (χ2n) is 6.80. The second kappa shape index (κ2) is 7.62. The Kier molecular flexibility index (Phi) is 4.99. The van der Waals surface area contributed by atoms with Crippen molar-refractivity contribution in [2.45, 2.75) is 20.2 Å². The van der Waals surface area contributed by atoms with Crippen LogP contribution in [0.3, 0.4) is 0 Å². The summed E-state index contributed by atoms with van der Waals surface area (Å²) in [7, 11) is 0. The molecule has 1 N–H and O–H groups in total. The van der Waals surface area contributed by atoms with Crippen molar-refractivity contribution in [2.75, 3.05) is 5.01 Å². The van der Waals surface area contributed by atoms with E-state index in [-0.39, 0.29) is 5.75 Å². The third kappa shape index (κ3) is 4.03. The Bertz CT molecular complexity index is 1130. The fourth-order valence-electron chi connectivity index (χ4n) is 3.22. The van der Waals surface area contributed by atoms with Crippen LogP contribution in [-0.4, -0.2) is 16.1 Å². The summed E-state index contributed by atoms with van der Waals surface area (Å²) >= 11 is 0. The van der Waals surface area contributed by atoms with Gasteiger partial charge in [-0.05, 0) is 61.4 Å². The molecule has 0 unspecified atom stereocenters. The number of aryl methyl sites for hydroxylation is 1. The molecule has 154 valence electrons. The lowest BCUT2D eigenvalue weighted by Crippen LogP contribution is -2.34. The van der Waals surface area contributed by atoms with Crippen LogP contribution in [-0.2, 0) is 0 Å². The minimum absolute atomic E-state index is 0.285. The number of hydrazine groups is 1. The molecule has 1 aliphatic heterocycles. The number of halogens is 3. The van der Waals surface area contributed by atoms with E-state index in [0.29, 0.717) is 5.69 Å². The average Bonchev–Trinajstić information content (AvgIpc) is 3.19. The molecule has 3 aromatic rings. The van der Waals surface area contributed by atoms with Crippen molar-refractivity contribution in [3.05, 3.63) is 89.9 Å². The number of rotatable bonds is 4. The van der Waals surface area contributed by atoms with Crippen molar-refractivity contribution in [3.8, 4) is 11.4 Å². The van der Waals surface area contributed by atoms with Crippen molar-refractivity contribution in [1.82, 2.24) is 15.2 Å². The number of alkyl halides is 3. The zero-order valence-electron chi connectivity index (χ0n) is 16.3. The number of ether oxygens (including phenoxy) is 1. The summed E-state index contributed by atoms with van der Waals surface area (Å²) in [5, 5.41) is 6.09. The van der Waals surface area contributed by atoms with E-state index in [1.165, 1.54) is 18.2 Å². The molecule has 1 aliphatic rings. The van der Waals surface area contributed by atoms with Gasteiger partial charge in [0.25, 0.3) is 0 Å². The molecule has 2 aromatic carbocycles. The Labute approximate surface area is 171 Å². The maximum atomic E-state index is 12.5. The molecule has 8 heteroatoms. The second-order valence-corrected chi connectivity index (χ2v) is 6.80. The monoisotopic (exact) mass is 412 g/mol. The van der Waals surface area contributed by atoms with Gasteiger partial charge in [-0.25, -0.2) is 4.68 Å². The number of allylic oxidation sites excluding steroid dienone is 2. The van der Waals surface area contributed by atoms with Gasteiger partial charge in [0.15, 0.2) is 0 Å². The van der Waals surface area contributed by atoms with Crippen LogP contribution in [0.15, 0.2) is 73.1 Å². The van der Waals surface area contributed by atoms with Crippen molar-refractivity contribution >= 4 is 11.4 Å². The lowest BCUT2D eigenvalue weighted by atomic mass is 10.1. The van der Waals surface area contributed by atoms with Crippen LogP contribution >= 0.6 is 0 Å². The number of benzene rings is 2. The molecule has 5 nitrogen and oxygen atoms in total. The molecule has 4 rings (SSSR count). The summed E-state index contributed by atoms with van der Waals surface area (Å²) in [5.41, 5.74) is 8.51. The molecule has 0 bridgehead atoms. The highest BCUT2D eigenvalue weighted by Crippen LogP contribution is 2.29. The third-order valence-corrected chi connectivity index (χ3v) is 4.79. The van der Waals surface area contributed by atoms with Crippen LogP contribution in [0.1, 0.15) is 16.8 Å². The average molecular weight is 412 g/mol. The molecule has 1 aromatic heterocycles. The Balaban J connectivity index is 1.62. The van der Waals surface area contributed by atoms with Crippen LogP contribution < -0.4 is 15.2 Å². The highest BCUT2D eigenvalue weighted by atomic mass is 19.4. The zero-order valence-corrected chi connectivity index (χ0v) is 16.3. The van der Waals surface area contributed by atoms with E-state index >= 15 is 0 Å². The minimum atomic E-state index is -4.74. The third-order valence-electron chi connectivity index (χ3n) is 4.79.